The predicted octanol–water partition coefficient (Wildman–Crippen LogP) is 3.20. The minimum Gasteiger partial charge on any atom is -0.387 e. The van der Waals surface area contributed by atoms with E-state index in [1.807, 2.05) is 0 Å². The van der Waals surface area contributed by atoms with Crippen LogP contribution in [0.1, 0.15) is 22.3 Å². The summed E-state index contributed by atoms with van der Waals surface area (Å²) in [6, 6.07) is 0. The number of carbonyl (C=O) groups excluding carboxylic acids is 1. The summed E-state index contributed by atoms with van der Waals surface area (Å²) in [7, 11) is 0. The molecule has 1 heterocycles. The van der Waals surface area contributed by atoms with Crippen LogP contribution < -0.4 is 4.74 Å². The van der Waals surface area contributed by atoms with Crippen molar-refractivity contribution in [3.8, 4) is 5.88 Å². The summed E-state index contributed by atoms with van der Waals surface area (Å²) < 4.78 is 64.7. The third-order valence-electron chi connectivity index (χ3n) is 1.88. The molecule has 1 aromatic heterocycles. The molecule has 6 nitrogen and oxygen atoms in total. The Balaban J connectivity index is 3.61. The number of hydrogen-bond acceptors (Lipinski definition) is 5. The van der Waals surface area contributed by atoms with Gasteiger partial charge in [-0.2, -0.15) is 0 Å². The number of hydrogen-bond donors (Lipinski definition) is 0. The molecule has 1 aromatic rings. The van der Waals surface area contributed by atoms with Crippen LogP contribution in [0.3, 0.4) is 0 Å². The highest BCUT2D eigenvalue weighted by Crippen LogP contribution is 2.38. The lowest BCUT2D eigenvalue weighted by atomic mass is 10.1. The van der Waals surface area contributed by atoms with Gasteiger partial charge in [-0.3, -0.25) is 14.9 Å². The molecule has 0 aliphatic carbocycles. The molecule has 0 atom stereocenters. The molecular formula is C8H2ClF5N2O4. The summed E-state index contributed by atoms with van der Waals surface area (Å²) in [6.45, 7) is 0. The maximum atomic E-state index is 12.7. The molecule has 0 bridgehead atoms. The molecule has 0 aliphatic rings. The number of carbonyl (C=O) groups is 1. The van der Waals surface area contributed by atoms with Crippen LogP contribution in [-0.4, -0.2) is 21.5 Å². The minimum atomic E-state index is -5.38. The highest BCUT2D eigenvalue weighted by molar-refractivity contribution is 6.68. The van der Waals surface area contributed by atoms with Gasteiger partial charge >= 0.3 is 6.36 Å². The number of rotatable bonds is 4. The van der Waals surface area contributed by atoms with Gasteiger partial charge in [0.2, 0.25) is 5.88 Å². The maximum absolute atomic E-state index is 12.7. The molecule has 0 aliphatic heterocycles. The Morgan fingerprint density at radius 3 is 2.35 bits per heavy atom. The van der Waals surface area contributed by atoms with Gasteiger partial charge in [0.05, 0.1) is 10.5 Å². The van der Waals surface area contributed by atoms with Crippen LogP contribution in [0.2, 0.25) is 0 Å². The van der Waals surface area contributed by atoms with Crippen molar-refractivity contribution in [3.63, 3.8) is 0 Å². The lowest BCUT2D eigenvalue weighted by Crippen LogP contribution is -2.20. The summed E-state index contributed by atoms with van der Waals surface area (Å²) in [5.41, 5.74) is -4.35. The Kier molecular flexibility index (Phi) is 4.43. The molecule has 1 rings (SSSR count). The number of nitro groups is 1. The van der Waals surface area contributed by atoms with Gasteiger partial charge in [0.1, 0.15) is 11.8 Å². The van der Waals surface area contributed by atoms with E-state index in [0.29, 0.717) is 0 Å². The normalized spacial score (nSPS) is 11.6. The lowest BCUT2D eigenvalue weighted by molar-refractivity contribution is -0.385. The van der Waals surface area contributed by atoms with Crippen molar-refractivity contribution in [2.75, 3.05) is 0 Å². The van der Waals surface area contributed by atoms with Gasteiger partial charge in [-0.25, -0.2) is 13.8 Å². The van der Waals surface area contributed by atoms with Crippen molar-refractivity contribution in [1.82, 2.24) is 4.98 Å². The standard InChI is InChI=1S/C8H2ClF5N2O4/c9-5(17)3-2(16(18)19)1-15-7(4(3)6(10)11)20-8(12,13)14/h1,6H. The Hall–Kier alpha value is -2.04. The SMILES string of the molecule is O=C(Cl)c1c([N+](=O)[O-])cnc(OC(F)(F)F)c1C(F)F. The zero-order valence-electron chi connectivity index (χ0n) is 8.95. The van der Waals surface area contributed by atoms with Gasteiger partial charge in [0, 0.05) is 0 Å². The van der Waals surface area contributed by atoms with Crippen LogP contribution >= 0.6 is 11.6 Å². The molecule has 20 heavy (non-hydrogen) atoms. The Bertz CT molecular complexity index is 563. The Morgan fingerprint density at radius 2 is 2.00 bits per heavy atom. The van der Waals surface area contributed by atoms with Crippen LogP contribution in [0, 0.1) is 10.1 Å². The first-order chi connectivity index (χ1) is 9.04. The monoisotopic (exact) mass is 320 g/mol. The lowest BCUT2D eigenvalue weighted by Gasteiger charge is -2.13. The smallest absolute Gasteiger partial charge is 0.387 e. The van der Waals surface area contributed by atoms with Crippen molar-refractivity contribution in [1.29, 1.82) is 0 Å². The van der Waals surface area contributed by atoms with Crippen LogP contribution in [0.15, 0.2) is 6.20 Å². The van der Waals surface area contributed by atoms with Crippen molar-refractivity contribution in [2.45, 2.75) is 12.8 Å². The number of aromatic nitrogens is 1. The van der Waals surface area contributed by atoms with E-state index in [2.05, 4.69) is 9.72 Å². The molecule has 110 valence electrons. The number of alkyl halides is 5. The fourth-order valence-electron chi connectivity index (χ4n) is 1.24. The van der Waals surface area contributed by atoms with E-state index in [0.717, 1.165) is 0 Å². The zero-order chi connectivity index (χ0) is 15.7. The van der Waals surface area contributed by atoms with Crippen molar-refractivity contribution >= 4 is 22.5 Å². The second-order valence-electron chi connectivity index (χ2n) is 3.12. The van der Waals surface area contributed by atoms with Gasteiger partial charge in [-0.05, 0) is 11.6 Å². The van der Waals surface area contributed by atoms with E-state index < -0.39 is 45.6 Å². The fraction of sp³-hybridized carbons (Fsp3) is 0.250. The molecule has 0 saturated carbocycles. The number of halogens is 6. The third kappa shape index (κ3) is 3.50. The summed E-state index contributed by atoms with van der Waals surface area (Å²) in [4.78, 5) is 23.0. The molecule has 0 unspecified atom stereocenters. The van der Waals surface area contributed by atoms with Gasteiger partial charge in [-0.1, -0.05) is 0 Å². The second kappa shape index (κ2) is 5.53. The molecule has 0 radical (unpaired) electrons. The van der Waals surface area contributed by atoms with Crippen LogP contribution in [0.25, 0.3) is 0 Å². The van der Waals surface area contributed by atoms with Gasteiger partial charge in [0.15, 0.2) is 0 Å². The number of nitrogens with zero attached hydrogens (tertiary/aromatic N) is 2. The maximum Gasteiger partial charge on any atom is 0.574 e. The minimum absolute atomic E-state index is 0.169. The molecule has 0 N–H and O–H groups in total. The number of pyridine rings is 1. The first kappa shape index (κ1) is 16.0. The Labute approximate surface area is 111 Å². The average Bonchev–Trinajstić information content (AvgIpc) is 2.24. The summed E-state index contributed by atoms with van der Waals surface area (Å²) in [5, 5.41) is 8.81. The first-order valence-electron chi connectivity index (χ1n) is 4.45. The van der Waals surface area contributed by atoms with Crippen molar-refractivity contribution in [3.05, 3.63) is 27.4 Å². The molecule has 0 amide bonds. The topological polar surface area (TPSA) is 82.3 Å². The van der Waals surface area contributed by atoms with E-state index in [1.165, 1.54) is 0 Å². The molecule has 0 fully saturated rings. The molecule has 0 saturated heterocycles. The van der Waals surface area contributed by atoms with Gasteiger partial charge < -0.3 is 4.74 Å². The quantitative estimate of drug-likeness (QED) is 0.368. The Morgan fingerprint density at radius 1 is 1.45 bits per heavy atom. The van der Waals surface area contributed by atoms with Crippen molar-refractivity contribution < 1.29 is 36.4 Å². The van der Waals surface area contributed by atoms with Crippen LogP contribution in [-0.2, 0) is 0 Å². The molecule has 0 spiro atoms. The summed E-state index contributed by atoms with van der Waals surface area (Å²) >= 11 is 4.90. The first-order valence-corrected chi connectivity index (χ1v) is 4.83. The van der Waals surface area contributed by atoms with E-state index in [1.54, 1.807) is 0 Å². The third-order valence-corrected chi connectivity index (χ3v) is 2.07. The largest absolute Gasteiger partial charge is 0.574 e. The average molecular weight is 321 g/mol. The van der Waals surface area contributed by atoms with Crippen molar-refractivity contribution in [2.24, 2.45) is 0 Å². The fourth-order valence-corrected chi connectivity index (χ4v) is 1.44. The van der Waals surface area contributed by atoms with E-state index in [9.17, 15) is 36.9 Å². The molecule has 12 heteroatoms. The second-order valence-corrected chi connectivity index (χ2v) is 3.46. The molecule has 0 aromatic carbocycles. The van der Waals surface area contributed by atoms with Gasteiger partial charge in [-0.15, -0.1) is 13.2 Å². The summed E-state index contributed by atoms with van der Waals surface area (Å²) in [5.74, 6) is -1.68. The highest BCUT2D eigenvalue weighted by atomic mass is 35.5. The van der Waals surface area contributed by atoms with E-state index >= 15 is 0 Å². The van der Waals surface area contributed by atoms with Gasteiger partial charge in [0.25, 0.3) is 17.4 Å². The summed E-state index contributed by atoms with van der Waals surface area (Å²) in [6.07, 6.45) is -8.90. The predicted molar refractivity (Wildman–Crippen MR) is 52.7 cm³/mol. The highest BCUT2D eigenvalue weighted by Gasteiger charge is 2.38. The van der Waals surface area contributed by atoms with Crippen LogP contribution in [0.4, 0.5) is 27.6 Å². The van der Waals surface area contributed by atoms with Crippen LogP contribution in [0.5, 0.6) is 5.88 Å². The van der Waals surface area contributed by atoms with E-state index in [-0.39, 0.29) is 6.20 Å². The number of ether oxygens (including phenoxy) is 1. The van der Waals surface area contributed by atoms with E-state index in [4.69, 9.17) is 11.6 Å². The zero-order valence-corrected chi connectivity index (χ0v) is 9.71. The molecular weight excluding hydrogens is 319 g/mol.